The van der Waals surface area contributed by atoms with E-state index in [9.17, 15) is 9.90 Å². The van der Waals surface area contributed by atoms with Gasteiger partial charge in [-0.15, -0.1) is 0 Å². The second-order valence-electron chi connectivity index (χ2n) is 7.41. The van der Waals surface area contributed by atoms with Gasteiger partial charge in [-0.05, 0) is 29.8 Å². The Labute approximate surface area is 194 Å². The van der Waals surface area contributed by atoms with E-state index in [1.165, 1.54) is 23.1 Å². The Morgan fingerprint density at radius 1 is 0.912 bits per heavy atom. The molecule has 0 radical (unpaired) electrons. The van der Waals surface area contributed by atoms with E-state index in [-0.39, 0.29) is 17.3 Å². The number of hydrogen-bond acceptors (Lipinski definition) is 6. The monoisotopic (exact) mass is 452 g/mol. The van der Waals surface area contributed by atoms with Crippen molar-refractivity contribution in [2.45, 2.75) is 0 Å². The number of benzene rings is 3. The van der Waals surface area contributed by atoms with E-state index in [1.54, 1.807) is 18.3 Å². The van der Waals surface area contributed by atoms with Crippen molar-refractivity contribution in [1.29, 1.82) is 0 Å². The molecule has 9 nitrogen and oxygen atoms in total. The highest BCUT2D eigenvalue weighted by Gasteiger charge is 2.13. The lowest BCUT2D eigenvalue weighted by Gasteiger charge is -2.13. The molecule has 0 aliphatic heterocycles. The molecule has 168 valence electrons. The molecule has 2 amide bonds. The molecular weight excluding hydrogens is 432 g/mol. The van der Waals surface area contributed by atoms with E-state index in [0.717, 1.165) is 11.1 Å². The molecule has 34 heavy (non-hydrogen) atoms. The summed E-state index contributed by atoms with van der Waals surface area (Å²) >= 11 is 0. The first kappa shape index (κ1) is 20.8. The van der Waals surface area contributed by atoms with Crippen molar-refractivity contribution in [2.24, 2.45) is 0 Å². The molecule has 0 atom stereocenters. The minimum Gasteiger partial charge on any atom is -0.506 e. The fourth-order valence-electron chi connectivity index (χ4n) is 3.57. The van der Waals surface area contributed by atoms with Crippen molar-refractivity contribution < 1.29 is 14.6 Å². The zero-order chi connectivity index (χ0) is 23.5. The molecule has 5 rings (SSSR count). The van der Waals surface area contributed by atoms with E-state index in [1.807, 2.05) is 54.6 Å². The number of carbonyl (C=O) groups excluding carboxylic acids is 1. The maximum absolute atomic E-state index is 12.6. The van der Waals surface area contributed by atoms with Crippen LogP contribution in [0.3, 0.4) is 0 Å². The predicted molar refractivity (Wildman–Crippen MR) is 130 cm³/mol. The molecule has 0 spiro atoms. The van der Waals surface area contributed by atoms with E-state index in [2.05, 4.69) is 20.6 Å². The number of amides is 2. The van der Waals surface area contributed by atoms with Gasteiger partial charge in [0.1, 0.15) is 17.8 Å². The summed E-state index contributed by atoms with van der Waals surface area (Å²) in [6.45, 7) is 0. The highest BCUT2D eigenvalue weighted by atomic mass is 16.5. The Morgan fingerprint density at radius 2 is 1.68 bits per heavy atom. The molecule has 0 saturated carbocycles. The van der Waals surface area contributed by atoms with Crippen molar-refractivity contribution in [2.75, 3.05) is 16.5 Å². The van der Waals surface area contributed by atoms with Crippen LogP contribution >= 0.6 is 0 Å². The summed E-state index contributed by atoms with van der Waals surface area (Å²) in [6.07, 6.45) is 3.01. The van der Waals surface area contributed by atoms with Gasteiger partial charge in [-0.25, -0.2) is 9.78 Å². The Kier molecular flexibility index (Phi) is 5.41. The Hall–Kier alpha value is -5.05. The van der Waals surface area contributed by atoms with Gasteiger partial charge < -0.3 is 26.3 Å². The van der Waals surface area contributed by atoms with Crippen LogP contribution in [0.1, 0.15) is 0 Å². The Balaban J connectivity index is 1.31. The van der Waals surface area contributed by atoms with Crippen LogP contribution in [0.4, 0.5) is 16.2 Å². The number of nitrogen functional groups attached to an aromatic ring is 1. The standard InChI is InChI=1S/C25H20N6O3/c26-31-13-12-21-23(31)24(28-15-27-21)34-17-10-11-20(22(32)14-17)30-25(33)29-19-9-5-4-8-18(19)16-6-2-1-3-7-16/h1-15,32H,26H2,(H2,29,30,33). The van der Waals surface area contributed by atoms with Crippen LogP contribution in [0.25, 0.3) is 22.2 Å². The molecule has 2 aromatic heterocycles. The van der Waals surface area contributed by atoms with Gasteiger partial charge in [0, 0.05) is 17.8 Å². The number of carbonyl (C=O) groups is 1. The molecule has 0 saturated heterocycles. The average Bonchev–Trinajstić information content (AvgIpc) is 3.23. The van der Waals surface area contributed by atoms with Crippen molar-refractivity contribution in [1.82, 2.24) is 14.6 Å². The average molecular weight is 452 g/mol. The molecule has 0 bridgehead atoms. The van der Waals surface area contributed by atoms with Crippen LogP contribution in [0.15, 0.2) is 91.4 Å². The van der Waals surface area contributed by atoms with Crippen molar-refractivity contribution in [3.63, 3.8) is 0 Å². The lowest BCUT2D eigenvalue weighted by Crippen LogP contribution is -2.19. The van der Waals surface area contributed by atoms with Gasteiger partial charge in [0.2, 0.25) is 5.88 Å². The quantitative estimate of drug-likeness (QED) is 0.221. The summed E-state index contributed by atoms with van der Waals surface area (Å²) in [7, 11) is 0. The second-order valence-corrected chi connectivity index (χ2v) is 7.41. The summed E-state index contributed by atoms with van der Waals surface area (Å²) in [5.41, 5.74) is 3.86. The van der Waals surface area contributed by atoms with Gasteiger partial charge >= 0.3 is 6.03 Å². The number of ether oxygens (including phenoxy) is 1. The summed E-state index contributed by atoms with van der Waals surface area (Å²) in [5, 5.41) is 16.0. The Bertz CT molecular complexity index is 1480. The highest BCUT2D eigenvalue weighted by molar-refractivity contribution is 6.03. The molecule has 0 fully saturated rings. The number of phenolic OH excluding ortho intramolecular Hbond substituents is 1. The number of hydrogen-bond donors (Lipinski definition) is 4. The topological polar surface area (TPSA) is 127 Å². The van der Waals surface area contributed by atoms with Crippen molar-refractivity contribution in [3.8, 4) is 28.5 Å². The largest absolute Gasteiger partial charge is 0.506 e. The number of urea groups is 1. The van der Waals surface area contributed by atoms with Gasteiger partial charge in [0.05, 0.1) is 16.9 Å². The maximum atomic E-state index is 12.6. The van der Waals surface area contributed by atoms with E-state index in [0.29, 0.717) is 22.5 Å². The number of phenols is 1. The third-order valence-electron chi connectivity index (χ3n) is 5.16. The minimum absolute atomic E-state index is 0.169. The van der Waals surface area contributed by atoms with Crippen LogP contribution < -0.4 is 21.2 Å². The van der Waals surface area contributed by atoms with Gasteiger partial charge in [0.25, 0.3) is 0 Å². The molecule has 5 N–H and O–H groups in total. The Morgan fingerprint density at radius 3 is 2.50 bits per heavy atom. The van der Waals surface area contributed by atoms with Gasteiger partial charge in [-0.1, -0.05) is 48.5 Å². The van der Waals surface area contributed by atoms with Crippen LogP contribution in [0.2, 0.25) is 0 Å². The molecule has 0 unspecified atom stereocenters. The van der Waals surface area contributed by atoms with E-state index in [4.69, 9.17) is 10.6 Å². The van der Waals surface area contributed by atoms with E-state index >= 15 is 0 Å². The molecule has 9 heteroatoms. The number of anilines is 2. The van der Waals surface area contributed by atoms with Gasteiger partial charge in [0.15, 0.2) is 5.52 Å². The zero-order valence-electron chi connectivity index (χ0n) is 17.8. The van der Waals surface area contributed by atoms with Crippen LogP contribution in [0, 0.1) is 0 Å². The number of aromatic hydroxyl groups is 1. The molecule has 5 aromatic rings. The van der Waals surface area contributed by atoms with Crippen molar-refractivity contribution >= 4 is 28.4 Å². The first-order valence-electron chi connectivity index (χ1n) is 10.4. The molecule has 2 heterocycles. The maximum Gasteiger partial charge on any atom is 0.323 e. The molecular formula is C25H20N6O3. The lowest BCUT2D eigenvalue weighted by atomic mass is 10.0. The zero-order valence-corrected chi connectivity index (χ0v) is 17.8. The highest BCUT2D eigenvalue weighted by Crippen LogP contribution is 2.33. The summed E-state index contributed by atoms with van der Waals surface area (Å²) < 4.78 is 7.15. The molecule has 0 aliphatic rings. The number of nitrogens with zero attached hydrogens (tertiary/aromatic N) is 3. The lowest BCUT2D eigenvalue weighted by molar-refractivity contribution is 0.262. The number of aromatic nitrogens is 3. The van der Waals surface area contributed by atoms with Crippen LogP contribution in [0.5, 0.6) is 17.4 Å². The minimum atomic E-state index is -0.495. The number of nitrogens with one attached hydrogen (secondary N) is 2. The number of rotatable bonds is 5. The third kappa shape index (κ3) is 4.17. The number of fused-ring (bicyclic) bond motifs is 1. The van der Waals surface area contributed by atoms with Gasteiger partial charge in [-0.3, -0.25) is 4.68 Å². The first-order valence-corrected chi connectivity index (χ1v) is 10.4. The number of para-hydroxylation sites is 1. The van der Waals surface area contributed by atoms with Crippen LogP contribution in [-0.4, -0.2) is 25.8 Å². The number of nitrogens with two attached hydrogens (primary N) is 1. The smallest absolute Gasteiger partial charge is 0.323 e. The fraction of sp³-hybridized carbons (Fsp3) is 0. The van der Waals surface area contributed by atoms with E-state index < -0.39 is 6.03 Å². The third-order valence-corrected chi connectivity index (χ3v) is 5.16. The van der Waals surface area contributed by atoms with Crippen LogP contribution in [-0.2, 0) is 0 Å². The fourth-order valence-corrected chi connectivity index (χ4v) is 3.57. The second kappa shape index (κ2) is 8.83. The SMILES string of the molecule is Nn1ccc2ncnc(Oc3ccc(NC(=O)Nc4ccccc4-c4ccccc4)c(O)c3)c21. The summed E-state index contributed by atoms with van der Waals surface area (Å²) in [4.78, 5) is 20.9. The summed E-state index contributed by atoms with van der Waals surface area (Å²) in [6, 6.07) is 23.0. The summed E-state index contributed by atoms with van der Waals surface area (Å²) in [5.74, 6) is 6.30. The molecule has 0 aliphatic carbocycles. The predicted octanol–water partition coefficient (Wildman–Crippen LogP) is 4.95. The normalized spacial score (nSPS) is 10.7. The first-order chi connectivity index (χ1) is 16.6. The van der Waals surface area contributed by atoms with Gasteiger partial charge in [-0.2, -0.15) is 4.98 Å². The molecule has 3 aromatic carbocycles. The van der Waals surface area contributed by atoms with Crippen molar-refractivity contribution in [3.05, 3.63) is 91.4 Å².